The average Bonchev–Trinajstić information content (AvgIpc) is 2.99. The van der Waals surface area contributed by atoms with E-state index in [1.54, 1.807) is 15.8 Å². The predicted octanol–water partition coefficient (Wildman–Crippen LogP) is 5.24. The minimum atomic E-state index is -4.48. The number of aromatic nitrogens is 1. The molecule has 1 unspecified atom stereocenters. The first-order valence-electron chi connectivity index (χ1n) is 11.4. The van der Waals surface area contributed by atoms with Crippen molar-refractivity contribution < 1.29 is 22.4 Å². The number of rotatable bonds is 3. The molecular weight excluding hydrogens is 494 g/mol. The average molecular weight is 518 g/mol. The molecule has 0 saturated carbocycles. The van der Waals surface area contributed by atoms with Gasteiger partial charge in [0.2, 0.25) is 0 Å². The Kier molecular flexibility index (Phi) is 6.10. The number of alkyl halides is 3. The Balaban J connectivity index is 1.72. The van der Waals surface area contributed by atoms with Crippen molar-refractivity contribution in [3.63, 3.8) is 0 Å². The van der Waals surface area contributed by atoms with Crippen LogP contribution in [0.5, 0.6) is 0 Å². The number of amides is 1. The second-order valence-corrected chi connectivity index (χ2v) is 10.1. The van der Waals surface area contributed by atoms with Gasteiger partial charge in [0.25, 0.3) is 5.91 Å². The van der Waals surface area contributed by atoms with Crippen molar-refractivity contribution in [3.8, 4) is 0 Å². The molecule has 10 heteroatoms. The summed E-state index contributed by atoms with van der Waals surface area (Å²) in [6.45, 7) is 1.84. The molecule has 3 aromatic rings. The molecule has 0 spiro atoms. The number of carbonyl (C=O) groups excluding carboxylic acids is 1. The van der Waals surface area contributed by atoms with Crippen molar-refractivity contribution in [3.05, 3.63) is 98.7 Å². The van der Waals surface area contributed by atoms with E-state index in [2.05, 4.69) is 0 Å². The highest BCUT2D eigenvalue weighted by Crippen LogP contribution is 2.43. The molecule has 5 rings (SSSR count). The molecule has 0 aliphatic carbocycles. The van der Waals surface area contributed by atoms with Gasteiger partial charge in [0.1, 0.15) is 18.2 Å². The molecule has 188 valence electrons. The minimum absolute atomic E-state index is 0.0289. The van der Waals surface area contributed by atoms with Gasteiger partial charge in [-0.3, -0.25) is 19.3 Å². The van der Waals surface area contributed by atoms with Crippen LogP contribution in [-0.2, 0) is 5.75 Å². The summed E-state index contributed by atoms with van der Waals surface area (Å²) in [6.07, 6.45) is -3.00. The summed E-state index contributed by atoms with van der Waals surface area (Å²) in [5.41, 5.74) is 2.48. The van der Waals surface area contributed by atoms with Crippen molar-refractivity contribution in [1.29, 1.82) is 0 Å². The van der Waals surface area contributed by atoms with Gasteiger partial charge >= 0.3 is 6.18 Å². The molecule has 0 saturated heterocycles. The Morgan fingerprint density at radius 2 is 1.83 bits per heavy atom. The molecule has 1 amide bonds. The van der Waals surface area contributed by atoms with Crippen molar-refractivity contribution in [2.24, 2.45) is 5.92 Å². The third-order valence-corrected chi connectivity index (χ3v) is 7.88. The lowest BCUT2D eigenvalue weighted by Crippen LogP contribution is -2.57. The summed E-state index contributed by atoms with van der Waals surface area (Å²) in [5.74, 6) is -2.20. The lowest BCUT2D eigenvalue weighted by atomic mass is 9.94. The van der Waals surface area contributed by atoms with Gasteiger partial charge < -0.3 is 4.90 Å². The Hall–Kier alpha value is -3.27. The fourth-order valence-corrected chi connectivity index (χ4v) is 5.89. The Labute approximate surface area is 209 Å². The molecule has 3 heterocycles. The third-order valence-electron chi connectivity index (χ3n) is 6.76. The topological polar surface area (TPSA) is 45.6 Å². The molecular formula is C26H23F4N3O2S. The number of nitrogens with zero attached hydrogens (tertiary/aromatic N) is 3. The number of thioether (sulfide) groups is 1. The van der Waals surface area contributed by atoms with Gasteiger partial charge in [-0.05, 0) is 35.7 Å². The zero-order valence-corrected chi connectivity index (χ0v) is 20.4. The molecule has 36 heavy (non-hydrogen) atoms. The third kappa shape index (κ3) is 4.17. The number of hydrogen-bond acceptors (Lipinski definition) is 4. The largest absolute Gasteiger partial charge is 0.393 e. The van der Waals surface area contributed by atoms with Crippen LogP contribution in [-0.4, -0.2) is 34.9 Å². The molecule has 2 atom stereocenters. The van der Waals surface area contributed by atoms with E-state index in [4.69, 9.17) is 0 Å². The quantitative estimate of drug-likeness (QED) is 0.446. The molecule has 2 aliphatic heterocycles. The van der Waals surface area contributed by atoms with Gasteiger partial charge in [0, 0.05) is 35.0 Å². The van der Waals surface area contributed by atoms with Crippen LogP contribution in [0.25, 0.3) is 0 Å². The van der Waals surface area contributed by atoms with Crippen molar-refractivity contribution in [2.45, 2.75) is 36.7 Å². The number of hydrogen-bond donors (Lipinski definition) is 0. The number of pyridine rings is 1. The van der Waals surface area contributed by atoms with E-state index in [1.807, 2.05) is 24.3 Å². The van der Waals surface area contributed by atoms with Crippen LogP contribution < -0.4 is 10.4 Å². The Bertz CT molecular complexity index is 1400. The second-order valence-electron chi connectivity index (χ2n) is 9.12. The van der Waals surface area contributed by atoms with Crippen molar-refractivity contribution in [2.75, 3.05) is 18.2 Å². The van der Waals surface area contributed by atoms with Gasteiger partial charge in [-0.15, -0.1) is 11.8 Å². The van der Waals surface area contributed by atoms with E-state index in [9.17, 15) is 27.2 Å². The van der Waals surface area contributed by atoms with Crippen LogP contribution in [0.2, 0.25) is 0 Å². The van der Waals surface area contributed by atoms with Crippen LogP contribution in [0.1, 0.15) is 45.7 Å². The summed E-state index contributed by atoms with van der Waals surface area (Å²) in [7, 11) is 0. The highest BCUT2D eigenvalue weighted by atomic mass is 32.2. The van der Waals surface area contributed by atoms with Crippen LogP contribution in [0.3, 0.4) is 0 Å². The number of halogens is 4. The number of fused-ring (bicyclic) bond motifs is 3. The monoisotopic (exact) mass is 517 g/mol. The van der Waals surface area contributed by atoms with E-state index < -0.39 is 30.6 Å². The summed E-state index contributed by atoms with van der Waals surface area (Å²) in [6, 6.07) is 13.0. The molecule has 1 aromatic heterocycles. The first kappa shape index (κ1) is 24.4. The van der Waals surface area contributed by atoms with Gasteiger partial charge in [-0.25, -0.2) is 4.39 Å². The zero-order chi connectivity index (χ0) is 25.8. The molecule has 0 fully saturated rings. The highest BCUT2D eigenvalue weighted by Gasteiger charge is 2.42. The Morgan fingerprint density at radius 3 is 2.58 bits per heavy atom. The maximum Gasteiger partial charge on any atom is 0.393 e. The summed E-state index contributed by atoms with van der Waals surface area (Å²) in [4.78, 5) is 27.7. The van der Waals surface area contributed by atoms with Crippen LogP contribution in [0, 0.1) is 18.7 Å². The number of benzene rings is 2. The van der Waals surface area contributed by atoms with Crippen LogP contribution >= 0.6 is 11.8 Å². The normalized spacial score (nSPS) is 18.3. The van der Waals surface area contributed by atoms with Crippen LogP contribution in [0.15, 0.2) is 64.4 Å². The summed E-state index contributed by atoms with van der Waals surface area (Å²) in [5, 5.41) is 1.79. The van der Waals surface area contributed by atoms with E-state index in [-0.39, 0.29) is 29.2 Å². The molecule has 5 nitrogen and oxygen atoms in total. The minimum Gasteiger partial charge on any atom is -0.318 e. The van der Waals surface area contributed by atoms with Gasteiger partial charge in [0.15, 0.2) is 5.43 Å². The van der Waals surface area contributed by atoms with Gasteiger partial charge in [-0.2, -0.15) is 13.2 Å². The second kappa shape index (κ2) is 8.99. The van der Waals surface area contributed by atoms with Gasteiger partial charge in [0.05, 0.1) is 12.0 Å². The molecule has 0 bridgehead atoms. The molecule has 0 N–H and O–H groups in total. The fourth-order valence-electron chi connectivity index (χ4n) is 4.77. The lowest BCUT2D eigenvalue weighted by Gasteiger charge is -2.45. The van der Waals surface area contributed by atoms with Crippen molar-refractivity contribution in [1.82, 2.24) is 9.58 Å². The fraction of sp³-hybridized carbons (Fsp3) is 0.308. The Morgan fingerprint density at radius 1 is 1.08 bits per heavy atom. The first-order valence-corrected chi connectivity index (χ1v) is 12.4. The number of carbonyl (C=O) groups is 1. The van der Waals surface area contributed by atoms with E-state index in [0.29, 0.717) is 10.6 Å². The smallest absolute Gasteiger partial charge is 0.318 e. The molecule has 0 radical (unpaired) electrons. The maximum absolute atomic E-state index is 14.2. The predicted molar refractivity (Wildman–Crippen MR) is 129 cm³/mol. The van der Waals surface area contributed by atoms with Crippen LogP contribution in [0.4, 0.5) is 17.6 Å². The van der Waals surface area contributed by atoms with E-state index in [1.165, 1.54) is 43.1 Å². The lowest BCUT2D eigenvalue weighted by molar-refractivity contribution is -0.172. The summed E-state index contributed by atoms with van der Waals surface area (Å²) >= 11 is 1.48. The molecule has 2 aliphatic rings. The molecule has 2 aromatic carbocycles. The first-order chi connectivity index (χ1) is 17.1. The van der Waals surface area contributed by atoms with E-state index in [0.717, 1.165) is 28.5 Å². The highest BCUT2D eigenvalue weighted by molar-refractivity contribution is 7.98. The van der Waals surface area contributed by atoms with Gasteiger partial charge in [-0.1, -0.05) is 37.3 Å². The maximum atomic E-state index is 14.2. The standard InChI is InChI=1S/C26H23F4N3O2S/c1-15(26(28,29)30)12-31-14-33(32-10-9-21(34)16(2)23(32)25(31)35)24-19-6-4-3-5-17(19)13-36-22-11-18(27)7-8-20(22)24/h3-11,15,24H,12-14H2,1-2H3/t15-,24?/m0/s1. The van der Waals surface area contributed by atoms with E-state index >= 15 is 0 Å². The zero-order valence-electron chi connectivity index (χ0n) is 19.6. The van der Waals surface area contributed by atoms with Crippen molar-refractivity contribution >= 4 is 17.7 Å². The SMILES string of the molecule is Cc1c2n(ccc1=O)N(C1c3ccccc3CSc3cc(F)ccc31)CN(C[C@H](C)C(F)(F)F)C2=O. The summed E-state index contributed by atoms with van der Waals surface area (Å²) < 4.78 is 56.2.